The Morgan fingerprint density at radius 1 is 0.742 bits per heavy atom. The fourth-order valence-corrected chi connectivity index (χ4v) is 5.85. The maximum atomic E-state index is 13.6. The lowest BCUT2D eigenvalue weighted by molar-refractivity contribution is -0.187. The van der Waals surface area contributed by atoms with Crippen molar-refractivity contribution in [2.24, 2.45) is 0 Å². The molecule has 0 aliphatic carbocycles. The summed E-state index contributed by atoms with van der Waals surface area (Å²) in [6.45, 7) is 10.4. The third-order valence-corrected chi connectivity index (χ3v) is 9.42. The molecule has 6 atom stereocenters. The number of nitrogens with one attached hydrogen (secondary N) is 1. The smallest absolute Gasteiger partial charge is 0.397 e. The van der Waals surface area contributed by atoms with Gasteiger partial charge in [0.15, 0.2) is 0 Å². The SMILES string of the molecule is C[C@H](O)CN[C@@H](C)c1ccc(F)nc1F.C[C@H]1CN([C@@H](C)c2ccc(F)nc2F)C(=O)C(=O)O1.Cc1ccc(C(=O)[C@@](O)(C(=O)O)[C@](O)(C(=O)O)C(=O)c2ccc(C)cc2)cc1. The first-order chi connectivity index (χ1) is 28.9. The van der Waals surface area contributed by atoms with Gasteiger partial charge in [0.05, 0.1) is 18.7 Å². The van der Waals surface area contributed by atoms with Gasteiger partial charge >= 0.3 is 23.8 Å². The standard InChI is InChI=1S/C20H18O8.C12H12F2N2O3.C10H14F2N2O/c1-11-3-7-13(8-4-11)15(21)19(27,17(23)24)20(28,18(25)26)16(22)14-9-5-12(2)6-10-14;1-6-5-16(11(17)12(18)19-6)7(2)8-3-4-9(13)15-10(8)14;1-6(15)5-13-7(2)8-3-4-9(11)14-10(8)12/h3-10,27-28H,1-2H3,(H,23,24)(H,25,26);3-4,6-7H,5H2,1-2H3;3-4,6-7,13,15H,5H2,1-2H3/t19-,20-;2*6-,7-/m100/s1. The molecule has 1 saturated heterocycles. The van der Waals surface area contributed by atoms with Crippen LogP contribution in [0.15, 0.2) is 72.8 Å². The number of cyclic esters (lactones) is 1. The van der Waals surface area contributed by atoms with Gasteiger partial charge in [-0.15, -0.1) is 0 Å². The van der Waals surface area contributed by atoms with E-state index >= 15 is 0 Å². The summed E-state index contributed by atoms with van der Waals surface area (Å²) in [5, 5.41) is 52.2. The van der Waals surface area contributed by atoms with Crippen molar-refractivity contribution in [3.8, 4) is 0 Å². The summed E-state index contributed by atoms with van der Waals surface area (Å²) in [7, 11) is 0. The molecule has 1 fully saturated rings. The summed E-state index contributed by atoms with van der Waals surface area (Å²) in [5.41, 5.74) is -6.93. The molecule has 0 unspecified atom stereocenters. The highest BCUT2D eigenvalue weighted by molar-refractivity contribution is 6.33. The van der Waals surface area contributed by atoms with Crippen LogP contribution < -0.4 is 5.32 Å². The van der Waals surface area contributed by atoms with E-state index in [9.17, 15) is 66.8 Å². The van der Waals surface area contributed by atoms with Gasteiger partial charge in [0, 0.05) is 34.8 Å². The number of aliphatic hydroxyl groups is 3. The fraction of sp³-hybridized carbons (Fsp3) is 0.333. The Bertz CT molecular complexity index is 2220. The lowest BCUT2D eigenvalue weighted by atomic mass is 9.73. The van der Waals surface area contributed by atoms with Crippen LogP contribution in [0.2, 0.25) is 0 Å². The monoisotopic (exact) mass is 872 g/mol. The van der Waals surface area contributed by atoms with Crippen molar-refractivity contribution in [3.05, 3.63) is 130 Å². The lowest BCUT2D eigenvalue weighted by Crippen LogP contribution is -2.71. The van der Waals surface area contributed by atoms with Crippen LogP contribution in [-0.4, -0.2) is 112 Å². The predicted molar refractivity (Wildman–Crippen MR) is 208 cm³/mol. The van der Waals surface area contributed by atoms with Crippen LogP contribution in [0.3, 0.4) is 0 Å². The number of amides is 1. The van der Waals surface area contributed by atoms with Crippen molar-refractivity contribution >= 4 is 35.4 Å². The molecule has 16 nitrogen and oxygen atoms in total. The third kappa shape index (κ3) is 11.5. The number of pyridine rings is 2. The van der Waals surface area contributed by atoms with Gasteiger partial charge in [-0.1, -0.05) is 59.7 Å². The van der Waals surface area contributed by atoms with E-state index in [4.69, 9.17) is 9.84 Å². The number of ether oxygens (including phenoxy) is 1. The molecule has 6 N–H and O–H groups in total. The van der Waals surface area contributed by atoms with Crippen molar-refractivity contribution < 1.29 is 76.6 Å². The normalized spacial score (nSPS) is 17.0. The van der Waals surface area contributed by atoms with E-state index in [-0.39, 0.29) is 34.8 Å². The zero-order valence-corrected chi connectivity index (χ0v) is 34.1. The molecule has 332 valence electrons. The number of carboxylic acid groups (broad SMARTS) is 2. The number of carboxylic acids is 2. The predicted octanol–water partition coefficient (Wildman–Crippen LogP) is 3.59. The number of carbonyl (C=O) groups excluding carboxylic acids is 4. The molecule has 0 spiro atoms. The number of aliphatic hydroxyl groups excluding tert-OH is 1. The molecule has 1 aliphatic heterocycles. The van der Waals surface area contributed by atoms with Gasteiger partial charge in [-0.25, -0.2) is 14.4 Å². The van der Waals surface area contributed by atoms with Crippen LogP contribution in [-0.2, 0) is 23.9 Å². The van der Waals surface area contributed by atoms with E-state index in [2.05, 4.69) is 15.3 Å². The second-order valence-electron chi connectivity index (χ2n) is 14.3. The Kier molecular flexibility index (Phi) is 16.8. The number of hydrogen-bond donors (Lipinski definition) is 6. The van der Waals surface area contributed by atoms with Crippen LogP contribution in [0.4, 0.5) is 17.6 Å². The number of nitrogens with zero attached hydrogens (tertiary/aromatic N) is 3. The second kappa shape index (κ2) is 20.9. The van der Waals surface area contributed by atoms with Crippen molar-refractivity contribution in [1.82, 2.24) is 20.2 Å². The number of aryl methyl sites for hydroxylation is 2. The van der Waals surface area contributed by atoms with E-state index in [1.54, 1.807) is 41.5 Å². The van der Waals surface area contributed by atoms with Crippen LogP contribution in [0.1, 0.15) is 82.7 Å². The number of benzene rings is 2. The number of rotatable bonds is 13. The van der Waals surface area contributed by atoms with Crippen molar-refractivity contribution in [2.45, 2.75) is 77.0 Å². The zero-order chi connectivity index (χ0) is 46.9. The minimum Gasteiger partial charge on any atom is -0.479 e. The summed E-state index contributed by atoms with van der Waals surface area (Å²) in [6, 6.07) is 14.0. The first kappa shape index (κ1) is 49.9. The highest BCUT2D eigenvalue weighted by Gasteiger charge is 2.70. The Hall–Kier alpha value is -6.48. The molecular weight excluding hydrogens is 828 g/mol. The molecule has 0 saturated carbocycles. The molecule has 2 aromatic heterocycles. The van der Waals surface area contributed by atoms with E-state index in [0.29, 0.717) is 17.7 Å². The Labute approximate surface area is 351 Å². The number of ketones is 2. The molecule has 1 aliphatic rings. The van der Waals surface area contributed by atoms with Crippen LogP contribution in [0, 0.1) is 37.6 Å². The fourth-order valence-electron chi connectivity index (χ4n) is 5.85. The van der Waals surface area contributed by atoms with Crippen LogP contribution in [0.25, 0.3) is 0 Å². The van der Waals surface area contributed by atoms with Crippen molar-refractivity contribution in [1.29, 1.82) is 0 Å². The van der Waals surface area contributed by atoms with Gasteiger partial charge in [-0.3, -0.25) is 14.4 Å². The van der Waals surface area contributed by atoms with E-state index < -0.39 is 88.6 Å². The van der Waals surface area contributed by atoms with Gasteiger partial charge in [0.1, 0.15) is 6.10 Å². The van der Waals surface area contributed by atoms with Gasteiger partial charge in [-0.2, -0.15) is 27.5 Å². The highest BCUT2D eigenvalue weighted by Crippen LogP contribution is 2.32. The average molecular weight is 873 g/mol. The molecule has 62 heavy (non-hydrogen) atoms. The minimum absolute atomic E-state index is 0.0525. The average Bonchev–Trinajstić information content (AvgIpc) is 3.20. The molecule has 1 amide bonds. The quantitative estimate of drug-likeness (QED) is 0.0280. The van der Waals surface area contributed by atoms with Crippen molar-refractivity contribution in [3.63, 3.8) is 0 Å². The number of aliphatic carboxylic acids is 2. The lowest BCUT2D eigenvalue weighted by Gasteiger charge is -2.34. The Morgan fingerprint density at radius 2 is 1.15 bits per heavy atom. The van der Waals surface area contributed by atoms with E-state index in [1.807, 2.05) is 0 Å². The van der Waals surface area contributed by atoms with Gasteiger partial charge < -0.3 is 40.5 Å². The topological polar surface area (TPSA) is 254 Å². The molecule has 4 aromatic rings. The maximum absolute atomic E-state index is 13.6. The molecule has 0 radical (unpaired) electrons. The summed E-state index contributed by atoms with van der Waals surface area (Å²) in [5.74, 6) is -13.4. The number of esters is 1. The molecule has 3 heterocycles. The third-order valence-electron chi connectivity index (χ3n) is 9.42. The highest BCUT2D eigenvalue weighted by atomic mass is 19.1. The number of Topliss-reactive ketones (excluding diaryl/α,β-unsaturated/α-hetero) is 2. The van der Waals surface area contributed by atoms with Gasteiger partial charge in [-0.05, 0) is 65.8 Å². The minimum atomic E-state index is -3.96. The summed E-state index contributed by atoms with van der Waals surface area (Å²) < 4.78 is 56.8. The van der Waals surface area contributed by atoms with E-state index in [0.717, 1.165) is 36.4 Å². The maximum Gasteiger partial charge on any atom is 0.397 e. The first-order valence-electron chi connectivity index (χ1n) is 18.6. The van der Waals surface area contributed by atoms with Crippen molar-refractivity contribution in [2.75, 3.05) is 13.1 Å². The molecule has 20 heteroatoms. The number of halogens is 4. The molecule has 2 aromatic carbocycles. The van der Waals surface area contributed by atoms with Crippen LogP contribution >= 0.6 is 0 Å². The summed E-state index contributed by atoms with van der Waals surface area (Å²) in [6.07, 6.45) is -0.979. The number of hydrogen-bond acceptors (Lipinski definition) is 13. The number of morpholine rings is 1. The van der Waals surface area contributed by atoms with Crippen LogP contribution in [0.5, 0.6) is 0 Å². The number of aromatic nitrogens is 2. The van der Waals surface area contributed by atoms with Gasteiger partial charge in [0.25, 0.3) is 11.2 Å². The summed E-state index contributed by atoms with van der Waals surface area (Å²) >= 11 is 0. The Morgan fingerprint density at radius 3 is 1.52 bits per heavy atom. The first-order valence-corrected chi connectivity index (χ1v) is 18.6. The summed E-state index contributed by atoms with van der Waals surface area (Å²) in [4.78, 5) is 79.4. The molecule has 5 rings (SSSR count). The Balaban J connectivity index is 0.000000262. The zero-order valence-electron chi connectivity index (χ0n) is 34.1. The second-order valence-corrected chi connectivity index (χ2v) is 14.3. The molecule has 0 bridgehead atoms. The largest absolute Gasteiger partial charge is 0.479 e. The molecular formula is C42H44F4N4O12. The number of carbonyl (C=O) groups is 6. The van der Waals surface area contributed by atoms with Gasteiger partial charge in [0.2, 0.25) is 35.4 Å². The van der Waals surface area contributed by atoms with E-state index in [1.165, 1.54) is 41.3 Å².